The number of hydrogen-bond donors (Lipinski definition) is 5. The molecule has 0 bridgehead atoms. The predicted molar refractivity (Wildman–Crippen MR) is 129 cm³/mol. The summed E-state index contributed by atoms with van der Waals surface area (Å²) in [5.74, 6) is -0.924. The molecule has 33 heavy (non-hydrogen) atoms. The summed E-state index contributed by atoms with van der Waals surface area (Å²) in [4.78, 5) is 41.4. The number of halogens is 1. The van der Waals surface area contributed by atoms with Gasteiger partial charge in [-0.3, -0.25) is 15.0 Å². The largest absolute Gasteiger partial charge is 0.361 e. The van der Waals surface area contributed by atoms with Crippen molar-refractivity contribution >= 4 is 57.4 Å². The van der Waals surface area contributed by atoms with Crippen molar-refractivity contribution in [2.45, 2.75) is 12.5 Å². The molecule has 0 saturated carbocycles. The van der Waals surface area contributed by atoms with Gasteiger partial charge in [0.05, 0.1) is 4.88 Å². The number of benzene rings is 2. The van der Waals surface area contributed by atoms with E-state index >= 15 is 0 Å². The van der Waals surface area contributed by atoms with Crippen molar-refractivity contribution in [1.82, 2.24) is 21.2 Å². The highest BCUT2D eigenvalue weighted by atomic mass is 35.5. The second-order valence-electron chi connectivity index (χ2n) is 7.14. The van der Waals surface area contributed by atoms with E-state index in [0.29, 0.717) is 15.6 Å². The lowest BCUT2D eigenvalue weighted by molar-refractivity contribution is -0.123. The Labute approximate surface area is 198 Å². The first-order chi connectivity index (χ1) is 16.0. The van der Waals surface area contributed by atoms with E-state index in [1.54, 1.807) is 41.8 Å². The number of aromatic nitrogens is 1. The molecule has 4 aromatic rings. The fourth-order valence-corrected chi connectivity index (χ4v) is 4.02. The van der Waals surface area contributed by atoms with Gasteiger partial charge in [-0.2, -0.15) is 0 Å². The number of hydrogen-bond acceptors (Lipinski definition) is 4. The first kappa shape index (κ1) is 22.4. The average molecular weight is 482 g/mol. The molecule has 8 nitrogen and oxygen atoms in total. The number of amides is 4. The fourth-order valence-electron chi connectivity index (χ4n) is 3.27. The van der Waals surface area contributed by atoms with Gasteiger partial charge < -0.3 is 15.6 Å². The third-order valence-corrected chi connectivity index (χ3v) is 5.99. The number of hydrazine groups is 1. The van der Waals surface area contributed by atoms with Gasteiger partial charge in [-0.25, -0.2) is 10.2 Å². The zero-order chi connectivity index (χ0) is 23.2. The molecule has 4 rings (SSSR count). The van der Waals surface area contributed by atoms with Crippen LogP contribution in [0.25, 0.3) is 10.9 Å². The molecule has 0 spiro atoms. The molecular weight excluding hydrogens is 462 g/mol. The van der Waals surface area contributed by atoms with Crippen LogP contribution >= 0.6 is 22.9 Å². The Morgan fingerprint density at radius 1 is 0.970 bits per heavy atom. The third kappa shape index (κ3) is 5.71. The summed E-state index contributed by atoms with van der Waals surface area (Å²) in [6.45, 7) is 0. The van der Waals surface area contributed by atoms with Crippen molar-refractivity contribution < 1.29 is 14.4 Å². The highest BCUT2D eigenvalue weighted by Gasteiger charge is 2.24. The maximum Gasteiger partial charge on any atom is 0.337 e. The first-order valence-electron chi connectivity index (χ1n) is 10.0. The minimum Gasteiger partial charge on any atom is -0.361 e. The average Bonchev–Trinajstić information content (AvgIpc) is 3.49. The van der Waals surface area contributed by atoms with Crippen LogP contribution in [-0.2, 0) is 11.2 Å². The number of H-pyrrole nitrogens is 1. The second kappa shape index (κ2) is 10.2. The maximum absolute atomic E-state index is 12.9. The number of urea groups is 1. The van der Waals surface area contributed by atoms with Gasteiger partial charge in [0.1, 0.15) is 6.04 Å². The summed E-state index contributed by atoms with van der Waals surface area (Å²) in [5.41, 5.74) is 6.99. The molecule has 10 heteroatoms. The van der Waals surface area contributed by atoms with Crippen LogP contribution in [0.1, 0.15) is 15.2 Å². The number of carbonyl (C=O) groups excluding carboxylic acids is 3. The molecule has 168 valence electrons. The van der Waals surface area contributed by atoms with Crippen LogP contribution < -0.4 is 21.5 Å². The number of anilines is 1. The number of thiophene rings is 1. The van der Waals surface area contributed by atoms with E-state index in [1.807, 2.05) is 30.5 Å². The van der Waals surface area contributed by atoms with E-state index in [0.717, 1.165) is 16.5 Å². The lowest BCUT2D eigenvalue weighted by Crippen LogP contribution is -2.53. The number of fused-ring (bicyclic) bond motifs is 1. The van der Waals surface area contributed by atoms with Crippen LogP contribution in [-0.4, -0.2) is 28.9 Å². The van der Waals surface area contributed by atoms with E-state index in [9.17, 15) is 14.4 Å². The number of aromatic amines is 1. The van der Waals surface area contributed by atoms with E-state index in [4.69, 9.17) is 11.6 Å². The minimum atomic E-state index is -0.922. The number of carbonyl (C=O) groups is 3. The number of rotatable bonds is 6. The normalized spacial score (nSPS) is 11.5. The Bertz CT molecular complexity index is 1270. The molecule has 2 aromatic carbocycles. The molecule has 0 aliphatic rings. The van der Waals surface area contributed by atoms with Gasteiger partial charge >= 0.3 is 6.03 Å². The van der Waals surface area contributed by atoms with Crippen LogP contribution in [0.2, 0.25) is 5.02 Å². The Morgan fingerprint density at radius 3 is 2.52 bits per heavy atom. The second-order valence-corrected chi connectivity index (χ2v) is 8.53. The van der Waals surface area contributed by atoms with Gasteiger partial charge in [-0.15, -0.1) is 11.3 Å². The Kier molecular flexibility index (Phi) is 6.92. The maximum atomic E-state index is 12.9. The van der Waals surface area contributed by atoms with E-state index < -0.39 is 18.0 Å². The summed E-state index contributed by atoms with van der Waals surface area (Å²) < 4.78 is 0. The van der Waals surface area contributed by atoms with Gasteiger partial charge in [0.2, 0.25) is 0 Å². The van der Waals surface area contributed by atoms with Crippen LogP contribution in [0.3, 0.4) is 0 Å². The van der Waals surface area contributed by atoms with Gasteiger partial charge in [-0.1, -0.05) is 35.9 Å². The molecule has 0 radical (unpaired) electrons. The lowest BCUT2D eigenvalue weighted by atomic mass is 10.0. The van der Waals surface area contributed by atoms with Crippen LogP contribution in [0, 0.1) is 0 Å². The molecule has 0 aliphatic carbocycles. The molecule has 0 saturated heterocycles. The molecule has 2 aromatic heterocycles. The quantitative estimate of drug-likeness (QED) is 0.267. The summed E-state index contributed by atoms with van der Waals surface area (Å²) >= 11 is 7.11. The first-order valence-corrected chi connectivity index (χ1v) is 11.3. The van der Waals surface area contributed by atoms with Crippen molar-refractivity contribution in [1.29, 1.82) is 0 Å². The SMILES string of the molecule is O=C(NNC(=O)C(Cc1c[nH]c2ccccc12)NC(=O)c1cccs1)Nc1ccc(Cl)cc1. The summed E-state index contributed by atoms with van der Waals surface area (Å²) in [7, 11) is 0. The van der Waals surface area contributed by atoms with Gasteiger partial charge in [0, 0.05) is 34.2 Å². The molecule has 1 unspecified atom stereocenters. The number of nitrogens with one attached hydrogen (secondary N) is 5. The van der Waals surface area contributed by atoms with Gasteiger partial charge in [-0.05, 0) is 47.3 Å². The molecule has 0 fully saturated rings. The lowest BCUT2D eigenvalue weighted by Gasteiger charge is -2.18. The summed E-state index contributed by atoms with van der Waals surface area (Å²) in [6.07, 6.45) is 2.04. The molecule has 5 N–H and O–H groups in total. The van der Waals surface area contributed by atoms with E-state index in [1.165, 1.54) is 11.3 Å². The molecule has 1 atom stereocenters. The third-order valence-electron chi connectivity index (χ3n) is 4.87. The molecule has 0 aliphatic heterocycles. The zero-order valence-electron chi connectivity index (χ0n) is 17.2. The zero-order valence-corrected chi connectivity index (χ0v) is 18.8. The molecular formula is C23H20ClN5O3S. The molecule has 2 heterocycles. The Balaban J connectivity index is 1.44. The molecule has 4 amide bonds. The van der Waals surface area contributed by atoms with E-state index in [2.05, 4.69) is 26.5 Å². The monoisotopic (exact) mass is 481 g/mol. The van der Waals surface area contributed by atoms with Gasteiger partial charge in [0.25, 0.3) is 11.8 Å². The highest BCUT2D eigenvalue weighted by molar-refractivity contribution is 7.12. The Hall–Kier alpha value is -3.82. The predicted octanol–water partition coefficient (Wildman–Crippen LogP) is 4.08. The van der Waals surface area contributed by atoms with Crippen LogP contribution in [0.15, 0.2) is 72.2 Å². The van der Waals surface area contributed by atoms with Gasteiger partial charge in [0.15, 0.2) is 0 Å². The minimum absolute atomic E-state index is 0.230. The Morgan fingerprint density at radius 2 is 1.76 bits per heavy atom. The van der Waals surface area contributed by atoms with Crippen molar-refractivity contribution in [2.75, 3.05) is 5.32 Å². The van der Waals surface area contributed by atoms with Crippen LogP contribution in [0.4, 0.5) is 10.5 Å². The van der Waals surface area contributed by atoms with E-state index in [-0.39, 0.29) is 12.3 Å². The highest BCUT2D eigenvalue weighted by Crippen LogP contribution is 2.19. The van der Waals surface area contributed by atoms with Crippen molar-refractivity contribution in [2.24, 2.45) is 0 Å². The fraction of sp³-hybridized carbons (Fsp3) is 0.0870. The van der Waals surface area contributed by atoms with Crippen molar-refractivity contribution in [3.05, 3.63) is 87.7 Å². The summed E-state index contributed by atoms with van der Waals surface area (Å²) in [6, 6.07) is 16.1. The summed E-state index contributed by atoms with van der Waals surface area (Å²) in [5, 5.41) is 8.62. The van der Waals surface area contributed by atoms with Crippen LogP contribution in [0.5, 0.6) is 0 Å². The topological polar surface area (TPSA) is 115 Å². The number of para-hydroxylation sites is 1. The van der Waals surface area contributed by atoms with Crippen molar-refractivity contribution in [3.63, 3.8) is 0 Å². The van der Waals surface area contributed by atoms with Crippen molar-refractivity contribution in [3.8, 4) is 0 Å². The standard InChI is InChI=1S/C23H20ClN5O3S/c24-15-7-9-16(10-8-15)26-23(32)29-28-21(30)19(27-22(31)20-6-3-11-33-20)12-14-13-25-18-5-2-1-4-17(14)18/h1-11,13,19,25H,12H2,(H,27,31)(H,28,30)(H2,26,29,32). The smallest absolute Gasteiger partial charge is 0.337 e.